The minimum Gasteiger partial charge on any atom is -0.471 e. The van der Waals surface area contributed by atoms with Crippen LogP contribution in [0.2, 0.25) is 0 Å². The summed E-state index contributed by atoms with van der Waals surface area (Å²) in [4.78, 5) is 6.82. The second-order valence-corrected chi connectivity index (χ2v) is 9.11. The number of oxime groups is 1. The van der Waals surface area contributed by atoms with Crippen molar-refractivity contribution in [3.05, 3.63) is 59.6 Å². The lowest BCUT2D eigenvalue weighted by Gasteiger charge is -2.33. The summed E-state index contributed by atoms with van der Waals surface area (Å²) in [5, 5.41) is 14.5. The molecular formula is C21H20FN3O6S. The molecule has 3 aromatic rings. The highest BCUT2D eigenvalue weighted by Gasteiger charge is 2.28. The predicted molar refractivity (Wildman–Crippen MR) is 113 cm³/mol. The molecule has 1 unspecified atom stereocenters. The van der Waals surface area contributed by atoms with E-state index >= 15 is 0 Å². The number of sulfonamides is 1. The maximum absolute atomic E-state index is 14.6. The highest BCUT2D eigenvalue weighted by atomic mass is 32.2. The van der Waals surface area contributed by atoms with Gasteiger partial charge in [-0.05, 0) is 35.8 Å². The zero-order chi connectivity index (χ0) is 22.3. The zero-order valence-electron chi connectivity index (χ0n) is 16.8. The average molecular weight is 461 g/mol. The van der Waals surface area contributed by atoms with Crippen molar-refractivity contribution in [2.75, 3.05) is 31.2 Å². The molecule has 32 heavy (non-hydrogen) atoms. The van der Waals surface area contributed by atoms with Gasteiger partial charge < -0.3 is 24.0 Å². The van der Waals surface area contributed by atoms with E-state index in [2.05, 4.69) is 9.88 Å². The van der Waals surface area contributed by atoms with Gasteiger partial charge in [-0.25, -0.2) is 12.8 Å². The fourth-order valence-corrected chi connectivity index (χ4v) is 4.81. The normalized spacial score (nSPS) is 17.3. The number of hydrogen-bond acceptors (Lipinski definition) is 8. The van der Waals surface area contributed by atoms with E-state index in [1.165, 1.54) is 30.3 Å². The molecule has 0 bridgehead atoms. The summed E-state index contributed by atoms with van der Waals surface area (Å²) in [6.45, 7) is 2.16. The molecule has 1 aromatic heterocycles. The number of anilines is 1. The molecule has 168 valence electrons. The van der Waals surface area contributed by atoms with Crippen molar-refractivity contribution < 1.29 is 31.9 Å². The molecule has 9 nitrogen and oxygen atoms in total. The summed E-state index contributed by atoms with van der Waals surface area (Å²) in [5.41, 5.74) is 1.09. The third-order valence-corrected chi connectivity index (χ3v) is 6.78. The Labute approximate surface area is 183 Å². The van der Waals surface area contributed by atoms with Gasteiger partial charge in [-0.15, -0.1) is 0 Å². The molecule has 0 amide bonds. The molecule has 0 aliphatic carbocycles. The fourth-order valence-electron chi connectivity index (χ4n) is 3.57. The number of aliphatic hydroxyl groups is 1. The molecule has 1 fully saturated rings. The number of benzene rings is 2. The lowest BCUT2D eigenvalue weighted by Crippen LogP contribution is -2.36. The van der Waals surface area contributed by atoms with Gasteiger partial charge in [0, 0.05) is 24.8 Å². The molecule has 2 aliphatic rings. The Kier molecular flexibility index (Phi) is 5.24. The van der Waals surface area contributed by atoms with Crippen LogP contribution in [-0.4, -0.2) is 45.7 Å². The van der Waals surface area contributed by atoms with Gasteiger partial charge in [0.2, 0.25) is 10.0 Å². The summed E-state index contributed by atoms with van der Waals surface area (Å²) in [6, 6.07) is 10.4. The monoisotopic (exact) mass is 461 g/mol. The van der Waals surface area contributed by atoms with Crippen LogP contribution in [0.25, 0.3) is 11.0 Å². The maximum Gasteiger partial charge on any atom is 0.259 e. The molecule has 11 heteroatoms. The van der Waals surface area contributed by atoms with Crippen LogP contribution in [0.1, 0.15) is 24.0 Å². The molecule has 0 saturated carbocycles. The Morgan fingerprint density at radius 2 is 1.97 bits per heavy atom. The number of nitrogens with one attached hydrogen (secondary N) is 1. The fraction of sp³-hybridized carbons (Fsp3) is 0.286. The van der Waals surface area contributed by atoms with Crippen LogP contribution < -0.4 is 9.62 Å². The van der Waals surface area contributed by atoms with E-state index in [9.17, 15) is 17.9 Å². The van der Waals surface area contributed by atoms with Gasteiger partial charge in [0.05, 0.1) is 15.8 Å². The predicted octanol–water partition coefficient (Wildman–Crippen LogP) is 2.46. The Morgan fingerprint density at radius 1 is 1.16 bits per heavy atom. The number of furan rings is 1. The standard InChI is InChI=1S/C21H20FN3O6S/c22-16-10-13(25-6-3-7-25)11-17-15(16)12-18(31-17)20(26)24-32(27,28)19-5-2-1-4-14(19)21-23-30-9-8-29-21/h1-2,4-5,10-12,20,24,26H,3,6-9H2. The maximum atomic E-state index is 14.6. The van der Waals surface area contributed by atoms with Crippen molar-refractivity contribution in [2.45, 2.75) is 17.5 Å². The van der Waals surface area contributed by atoms with Crippen LogP contribution in [0.5, 0.6) is 0 Å². The number of nitrogens with zero attached hydrogens (tertiary/aromatic N) is 2. The molecule has 3 heterocycles. The van der Waals surface area contributed by atoms with Crippen LogP contribution in [-0.2, 0) is 19.6 Å². The lowest BCUT2D eigenvalue weighted by atomic mass is 10.1. The molecule has 1 atom stereocenters. The summed E-state index contributed by atoms with van der Waals surface area (Å²) in [6.07, 6.45) is -0.702. The number of fused-ring (bicyclic) bond motifs is 1. The van der Waals surface area contributed by atoms with Crippen molar-refractivity contribution >= 4 is 32.6 Å². The highest BCUT2D eigenvalue weighted by molar-refractivity contribution is 7.89. The van der Waals surface area contributed by atoms with Gasteiger partial charge in [0.15, 0.2) is 12.8 Å². The molecular weight excluding hydrogens is 441 g/mol. The first kappa shape index (κ1) is 20.7. The highest BCUT2D eigenvalue weighted by Crippen LogP contribution is 2.32. The first-order valence-corrected chi connectivity index (χ1v) is 11.5. The molecule has 2 aromatic carbocycles. The third kappa shape index (κ3) is 3.78. The van der Waals surface area contributed by atoms with Crippen molar-refractivity contribution in [3.63, 3.8) is 0 Å². The topological polar surface area (TPSA) is 114 Å². The lowest BCUT2D eigenvalue weighted by molar-refractivity contribution is 0.0653. The molecule has 5 rings (SSSR count). The van der Waals surface area contributed by atoms with E-state index in [1.54, 1.807) is 12.1 Å². The van der Waals surface area contributed by atoms with Crippen molar-refractivity contribution in [2.24, 2.45) is 5.16 Å². The van der Waals surface area contributed by atoms with E-state index in [0.29, 0.717) is 5.69 Å². The minimum absolute atomic E-state index is 0.0241. The molecule has 1 saturated heterocycles. The van der Waals surface area contributed by atoms with E-state index in [0.717, 1.165) is 19.5 Å². The van der Waals surface area contributed by atoms with Crippen LogP contribution in [0, 0.1) is 5.82 Å². The Bertz CT molecular complexity index is 1300. The van der Waals surface area contributed by atoms with Crippen molar-refractivity contribution in [3.8, 4) is 0 Å². The minimum atomic E-state index is -4.23. The molecule has 0 radical (unpaired) electrons. The number of aliphatic hydroxyl groups excluding tert-OH is 1. The van der Waals surface area contributed by atoms with E-state index < -0.39 is 22.1 Å². The first-order valence-electron chi connectivity index (χ1n) is 10.0. The quantitative estimate of drug-likeness (QED) is 0.542. The average Bonchev–Trinajstić information content (AvgIpc) is 3.18. The smallest absolute Gasteiger partial charge is 0.259 e. The number of rotatable bonds is 6. The second-order valence-electron chi connectivity index (χ2n) is 7.43. The summed E-state index contributed by atoms with van der Waals surface area (Å²) < 4.78 is 53.7. The first-order chi connectivity index (χ1) is 15.4. The van der Waals surface area contributed by atoms with Crippen LogP contribution in [0.4, 0.5) is 10.1 Å². The largest absolute Gasteiger partial charge is 0.471 e. The van der Waals surface area contributed by atoms with Gasteiger partial charge in [-0.2, -0.15) is 4.72 Å². The van der Waals surface area contributed by atoms with Crippen molar-refractivity contribution in [1.82, 2.24) is 4.72 Å². The van der Waals surface area contributed by atoms with Gasteiger partial charge >= 0.3 is 0 Å². The Morgan fingerprint density at radius 3 is 2.69 bits per heavy atom. The summed E-state index contributed by atoms with van der Waals surface area (Å²) in [5.74, 6) is -0.612. The molecule has 0 spiro atoms. The Balaban J connectivity index is 1.43. The van der Waals surface area contributed by atoms with Gasteiger partial charge in [0.1, 0.15) is 23.8 Å². The van der Waals surface area contributed by atoms with Crippen LogP contribution in [0.15, 0.2) is 56.9 Å². The molecule has 2 aliphatic heterocycles. The van der Waals surface area contributed by atoms with E-state index in [-0.39, 0.29) is 46.3 Å². The Hall–Kier alpha value is -3.15. The van der Waals surface area contributed by atoms with Gasteiger partial charge in [-0.1, -0.05) is 12.1 Å². The third-order valence-electron chi connectivity index (χ3n) is 5.32. The van der Waals surface area contributed by atoms with E-state index in [1.807, 2.05) is 4.90 Å². The van der Waals surface area contributed by atoms with E-state index in [4.69, 9.17) is 14.0 Å². The summed E-state index contributed by atoms with van der Waals surface area (Å²) >= 11 is 0. The number of ether oxygens (including phenoxy) is 1. The molecule has 2 N–H and O–H groups in total. The zero-order valence-corrected chi connectivity index (χ0v) is 17.6. The van der Waals surface area contributed by atoms with Crippen LogP contribution >= 0.6 is 0 Å². The summed E-state index contributed by atoms with van der Waals surface area (Å²) in [7, 11) is -4.23. The number of halogens is 1. The van der Waals surface area contributed by atoms with Gasteiger partial charge in [-0.3, -0.25) is 0 Å². The van der Waals surface area contributed by atoms with Crippen molar-refractivity contribution in [1.29, 1.82) is 0 Å². The second kappa shape index (κ2) is 8.08. The van der Waals surface area contributed by atoms with Crippen LogP contribution in [0.3, 0.4) is 0 Å². The SMILES string of the molecule is O=S(=O)(NC(O)c1cc2c(F)cc(N3CCC3)cc2o1)c1ccccc1C1=NOCCO1. The van der Waals surface area contributed by atoms with Gasteiger partial charge in [0.25, 0.3) is 5.90 Å². The number of hydrogen-bond donors (Lipinski definition) is 2.